The van der Waals surface area contributed by atoms with Crippen molar-refractivity contribution in [1.29, 1.82) is 0 Å². The van der Waals surface area contributed by atoms with Crippen molar-refractivity contribution in [2.24, 2.45) is 0 Å². The van der Waals surface area contributed by atoms with Gasteiger partial charge in [-0.05, 0) is 47.6 Å². The van der Waals surface area contributed by atoms with E-state index in [4.69, 9.17) is 0 Å². The molecule has 0 heterocycles. The number of nitrogens with one attached hydrogen (secondary N) is 1. The molecule has 19 heavy (non-hydrogen) atoms. The summed E-state index contributed by atoms with van der Waals surface area (Å²) in [5, 5.41) is 3.19. The van der Waals surface area contributed by atoms with Crippen LogP contribution >= 0.6 is 15.9 Å². The van der Waals surface area contributed by atoms with Gasteiger partial charge < -0.3 is 10.2 Å². The molecule has 1 aromatic rings. The van der Waals surface area contributed by atoms with Crippen molar-refractivity contribution in [2.75, 3.05) is 37.5 Å². The van der Waals surface area contributed by atoms with Crippen molar-refractivity contribution in [1.82, 2.24) is 5.32 Å². The first-order valence-electron chi connectivity index (χ1n) is 6.10. The quantitative estimate of drug-likeness (QED) is 0.856. The van der Waals surface area contributed by atoms with Crippen molar-refractivity contribution >= 4 is 31.5 Å². The molecule has 0 bridgehead atoms. The van der Waals surface area contributed by atoms with Crippen LogP contribution in [0.1, 0.15) is 18.5 Å². The lowest BCUT2D eigenvalue weighted by molar-refractivity contribution is 0.601. The molecule has 0 aliphatic heterocycles. The average molecular weight is 349 g/mol. The molecule has 1 atom stereocenters. The molecule has 1 aromatic carbocycles. The molecular weight excluding hydrogens is 328 g/mol. The minimum Gasteiger partial charge on any atom is -0.373 e. The van der Waals surface area contributed by atoms with Gasteiger partial charge in [0.1, 0.15) is 9.84 Å². The average Bonchev–Trinajstić information content (AvgIpc) is 2.34. The maximum atomic E-state index is 11.2. The lowest BCUT2D eigenvalue weighted by atomic mass is 10.1. The maximum Gasteiger partial charge on any atom is 0.149 e. The Morgan fingerprint density at radius 3 is 2.53 bits per heavy atom. The van der Waals surface area contributed by atoms with E-state index in [-0.39, 0.29) is 11.8 Å². The van der Waals surface area contributed by atoms with Gasteiger partial charge in [-0.2, -0.15) is 0 Å². The van der Waals surface area contributed by atoms with E-state index in [2.05, 4.69) is 40.3 Å². The highest BCUT2D eigenvalue weighted by atomic mass is 79.9. The van der Waals surface area contributed by atoms with Gasteiger partial charge in [0.05, 0.1) is 11.4 Å². The zero-order chi connectivity index (χ0) is 14.6. The van der Waals surface area contributed by atoms with E-state index in [1.807, 2.05) is 25.1 Å². The first kappa shape index (κ1) is 16.5. The van der Waals surface area contributed by atoms with Crippen LogP contribution < -0.4 is 10.2 Å². The van der Waals surface area contributed by atoms with Gasteiger partial charge in [0, 0.05) is 30.4 Å². The molecule has 1 rings (SSSR count). The Hall–Kier alpha value is -0.590. The molecular formula is C13H21BrN2O2S. The number of halogens is 1. The van der Waals surface area contributed by atoms with Gasteiger partial charge in [-0.15, -0.1) is 0 Å². The maximum absolute atomic E-state index is 11.2. The van der Waals surface area contributed by atoms with Crippen molar-refractivity contribution in [3.8, 4) is 0 Å². The van der Waals surface area contributed by atoms with Crippen LogP contribution in [0.3, 0.4) is 0 Å². The van der Waals surface area contributed by atoms with Crippen LogP contribution in [0.2, 0.25) is 0 Å². The summed E-state index contributed by atoms with van der Waals surface area (Å²) in [4.78, 5) is 1.94. The molecule has 0 aliphatic carbocycles. The third kappa shape index (κ3) is 5.12. The number of nitrogens with zero attached hydrogens (tertiary/aromatic N) is 1. The Morgan fingerprint density at radius 2 is 2.05 bits per heavy atom. The zero-order valence-corrected chi connectivity index (χ0v) is 14.2. The Bertz CT molecular complexity index is 531. The highest BCUT2D eigenvalue weighted by molar-refractivity contribution is 9.10. The van der Waals surface area contributed by atoms with Crippen molar-refractivity contribution in [3.63, 3.8) is 0 Å². The molecule has 0 spiro atoms. The predicted molar refractivity (Wildman–Crippen MR) is 84.6 cm³/mol. The van der Waals surface area contributed by atoms with E-state index >= 15 is 0 Å². The minimum absolute atomic E-state index is 0.157. The minimum atomic E-state index is -2.93. The Balaban J connectivity index is 2.84. The fraction of sp³-hybridized carbons (Fsp3) is 0.538. The lowest BCUT2D eigenvalue weighted by Crippen LogP contribution is -2.25. The largest absolute Gasteiger partial charge is 0.373 e. The van der Waals surface area contributed by atoms with E-state index in [1.165, 1.54) is 11.8 Å². The molecule has 4 nitrogen and oxygen atoms in total. The van der Waals surface area contributed by atoms with Crippen LogP contribution in [0.4, 0.5) is 5.69 Å². The van der Waals surface area contributed by atoms with E-state index < -0.39 is 9.84 Å². The summed E-state index contributed by atoms with van der Waals surface area (Å²) in [6, 6.07) is 6.41. The number of benzene rings is 1. The molecule has 0 aromatic heterocycles. The molecule has 1 N–H and O–H groups in total. The second-order valence-corrected chi connectivity index (χ2v) is 7.89. The zero-order valence-electron chi connectivity index (χ0n) is 11.8. The Kier molecular flexibility index (Phi) is 5.82. The summed E-state index contributed by atoms with van der Waals surface area (Å²) < 4.78 is 23.4. The highest BCUT2D eigenvalue weighted by Crippen LogP contribution is 2.28. The van der Waals surface area contributed by atoms with Gasteiger partial charge in [-0.25, -0.2) is 8.42 Å². The molecule has 6 heteroatoms. The standard InChI is InChI=1S/C13H21BrN2O2S/c1-10(15-2)11-5-6-13(12(14)9-11)16(3)7-8-19(4,17)18/h5-6,9-10,15H,7-8H2,1-4H3. The normalized spacial score (nSPS) is 13.3. The van der Waals surface area contributed by atoms with Crippen molar-refractivity contribution in [3.05, 3.63) is 28.2 Å². The summed E-state index contributed by atoms with van der Waals surface area (Å²) >= 11 is 3.55. The number of hydrogen-bond acceptors (Lipinski definition) is 4. The molecule has 0 amide bonds. The van der Waals surface area contributed by atoms with Gasteiger partial charge in [0.15, 0.2) is 0 Å². The van der Waals surface area contributed by atoms with Crippen molar-refractivity contribution < 1.29 is 8.42 Å². The molecule has 0 radical (unpaired) electrons. The highest BCUT2D eigenvalue weighted by Gasteiger charge is 2.11. The van der Waals surface area contributed by atoms with E-state index in [9.17, 15) is 8.42 Å². The first-order valence-corrected chi connectivity index (χ1v) is 8.95. The third-order valence-corrected chi connectivity index (χ3v) is 4.67. The summed E-state index contributed by atoms with van der Waals surface area (Å²) in [6.07, 6.45) is 1.26. The van der Waals surface area contributed by atoms with E-state index in [0.717, 1.165) is 10.2 Å². The first-order chi connectivity index (χ1) is 8.74. The topological polar surface area (TPSA) is 49.4 Å². The van der Waals surface area contributed by atoms with Crippen LogP contribution in [0.25, 0.3) is 0 Å². The summed E-state index contributed by atoms with van der Waals surface area (Å²) in [5.74, 6) is 0.157. The SMILES string of the molecule is CNC(C)c1ccc(N(C)CCS(C)(=O)=O)c(Br)c1. The fourth-order valence-electron chi connectivity index (χ4n) is 1.69. The van der Waals surface area contributed by atoms with Crippen LogP contribution in [-0.2, 0) is 9.84 Å². The Labute approximate surface area is 124 Å². The molecule has 0 saturated carbocycles. The van der Waals surface area contributed by atoms with Crippen LogP contribution in [0.5, 0.6) is 0 Å². The van der Waals surface area contributed by atoms with Gasteiger partial charge in [0.2, 0.25) is 0 Å². The second-order valence-electron chi connectivity index (χ2n) is 4.77. The second kappa shape index (κ2) is 6.72. The number of hydrogen-bond donors (Lipinski definition) is 1. The van der Waals surface area contributed by atoms with Gasteiger partial charge >= 0.3 is 0 Å². The van der Waals surface area contributed by atoms with Gasteiger partial charge in [0.25, 0.3) is 0 Å². The van der Waals surface area contributed by atoms with Crippen LogP contribution in [0, 0.1) is 0 Å². The third-order valence-electron chi connectivity index (χ3n) is 3.11. The summed E-state index contributed by atoms with van der Waals surface area (Å²) in [6.45, 7) is 2.58. The van der Waals surface area contributed by atoms with Crippen molar-refractivity contribution in [2.45, 2.75) is 13.0 Å². The number of anilines is 1. The monoisotopic (exact) mass is 348 g/mol. The molecule has 108 valence electrons. The van der Waals surface area contributed by atoms with Crippen LogP contribution in [0.15, 0.2) is 22.7 Å². The summed E-state index contributed by atoms with van der Waals surface area (Å²) in [5.41, 5.74) is 2.19. The smallest absolute Gasteiger partial charge is 0.149 e. The number of sulfone groups is 1. The van der Waals surface area contributed by atoms with E-state index in [0.29, 0.717) is 6.54 Å². The molecule has 0 saturated heterocycles. The Morgan fingerprint density at radius 1 is 1.42 bits per heavy atom. The number of rotatable bonds is 6. The molecule has 0 fully saturated rings. The van der Waals surface area contributed by atoms with Gasteiger partial charge in [-0.3, -0.25) is 0 Å². The summed E-state index contributed by atoms with van der Waals surface area (Å²) in [7, 11) is 0.884. The molecule has 1 unspecified atom stereocenters. The molecule has 0 aliphatic rings. The van der Waals surface area contributed by atoms with E-state index in [1.54, 1.807) is 0 Å². The van der Waals surface area contributed by atoms with Crippen LogP contribution in [-0.4, -0.2) is 41.1 Å². The fourth-order valence-corrected chi connectivity index (χ4v) is 3.00. The predicted octanol–water partition coefficient (Wildman–Crippen LogP) is 2.21. The lowest BCUT2D eigenvalue weighted by Gasteiger charge is -2.21. The van der Waals surface area contributed by atoms with Gasteiger partial charge in [-0.1, -0.05) is 6.07 Å².